The lowest BCUT2D eigenvalue weighted by atomic mass is 10.2. The molecule has 5 nitrogen and oxygen atoms in total. The molecule has 0 aliphatic rings. The van der Waals surface area contributed by atoms with Gasteiger partial charge in [0.15, 0.2) is 0 Å². The van der Waals surface area contributed by atoms with Crippen LogP contribution in [-0.4, -0.2) is 15.1 Å². The Hall–Kier alpha value is -1.95. The second kappa shape index (κ2) is 5.81. The molecule has 0 spiro atoms. The molecule has 2 heterocycles. The average Bonchev–Trinajstić information content (AvgIpc) is 2.96. The summed E-state index contributed by atoms with van der Waals surface area (Å²) in [5.41, 5.74) is 7.77. The Bertz CT molecular complexity index is 768. The van der Waals surface area contributed by atoms with Crippen LogP contribution in [0.25, 0.3) is 22.8 Å². The van der Waals surface area contributed by atoms with Crippen LogP contribution in [-0.2, 0) is 6.54 Å². The van der Waals surface area contributed by atoms with Crippen LogP contribution in [0.3, 0.4) is 0 Å². The fourth-order valence-electron chi connectivity index (χ4n) is 1.86. The third kappa shape index (κ3) is 3.05. The number of nitrogens with zero attached hydrogens (tertiary/aromatic N) is 3. The van der Waals surface area contributed by atoms with Crippen molar-refractivity contribution in [3.05, 3.63) is 52.3 Å². The molecule has 0 bridgehead atoms. The van der Waals surface area contributed by atoms with Gasteiger partial charge in [-0.3, -0.25) is 4.98 Å². The van der Waals surface area contributed by atoms with Gasteiger partial charge in [-0.2, -0.15) is 4.98 Å². The normalized spacial score (nSPS) is 10.8. The van der Waals surface area contributed by atoms with Crippen LogP contribution in [0.2, 0.25) is 10.0 Å². The number of halogens is 2. The van der Waals surface area contributed by atoms with Gasteiger partial charge in [-0.1, -0.05) is 28.4 Å². The number of pyridine rings is 1. The molecule has 1 aromatic carbocycles. The standard InChI is InChI=1S/C14H10Cl2N4O/c15-10-3-9(4-11(16)6-10)13-19-14(21-20-13)8-1-2-18-12(5-8)7-17/h1-6H,7,17H2. The molecule has 0 aliphatic heterocycles. The summed E-state index contributed by atoms with van der Waals surface area (Å²) in [6, 6.07) is 8.67. The van der Waals surface area contributed by atoms with Gasteiger partial charge in [0, 0.05) is 33.9 Å². The smallest absolute Gasteiger partial charge is 0.258 e. The topological polar surface area (TPSA) is 77.8 Å². The van der Waals surface area contributed by atoms with Crippen molar-refractivity contribution < 1.29 is 4.52 Å². The summed E-state index contributed by atoms with van der Waals surface area (Å²) < 4.78 is 5.27. The van der Waals surface area contributed by atoms with E-state index in [-0.39, 0.29) is 0 Å². The Labute approximate surface area is 130 Å². The highest BCUT2D eigenvalue weighted by atomic mass is 35.5. The zero-order chi connectivity index (χ0) is 14.8. The Morgan fingerprint density at radius 1 is 1.05 bits per heavy atom. The first-order valence-electron chi connectivity index (χ1n) is 6.11. The van der Waals surface area contributed by atoms with E-state index < -0.39 is 0 Å². The Morgan fingerprint density at radius 2 is 1.81 bits per heavy atom. The summed E-state index contributed by atoms with van der Waals surface area (Å²) in [6.07, 6.45) is 1.65. The van der Waals surface area contributed by atoms with E-state index in [1.807, 2.05) is 6.07 Å². The largest absolute Gasteiger partial charge is 0.334 e. The van der Waals surface area contributed by atoms with Crippen LogP contribution < -0.4 is 5.73 Å². The van der Waals surface area contributed by atoms with Crippen molar-refractivity contribution in [3.8, 4) is 22.8 Å². The molecule has 2 aromatic heterocycles. The number of hydrogen-bond acceptors (Lipinski definition) is 5. The van der Waals surface area contributed by atoms with Gasteiger partial charge in [0.25, 0.3) is 5.89 Å². The van der Waals surface area contributed by atoms with E-state index in [4.69, 9.17) is 33.5 Å². The van der Waals surface area contributed by atoms with E-state index in [9.17, 15) is 0 Å². The van der Waals surface area contributed by atoms with Gasteiger partial charge in [0.1, 0.15) is 0 Å². The molecule has 0 amide bonds. The minimum Gasteiger partial charge on any atom is -0.334 e. The molecule has 0 saturated carbocycles. The van der Waals surface area contributed by atoms with E-state index in [2.05, 4.69) is 15.1 Å². The molecule has 3 aromatic rings. The number of nitrogens with two attached hydrogens (primary N) is 1. The van der Waals surface area contributed by atoms with Crippen molar-refractivity contribution in [1.82, 2.24) is 15.1 Å². The predicted molar refractivity (Wildman–Crippen MR) is 80.9 cm³/mol. The Kier molecular flexibility index (Phi) is 3.88. The van der Waals surface area contributed by atoms with E-state index in [0.29, 0.717) is 33.9 Å². The van der Waals surface area contributed by atoms with Crippen molar-refractivity contribution in [2.75, 3.05) is 0 Å². The van der Waals surface area contributed by atoms with Gasteiger partial charge < -0.3 is 10.3 Å². The molecule has 106 valence electrons. The van der Waals surface area contributed by atoms with Crippen molar-refractivity contribution in [2.24, 2.45) is 5.73 Å². The summed E-state index contributed by atoms with van der Waals surface area (Å²) in [7, 11) is 0. The number of benzene rings is 1. The van der Waals surface area contributed by atoms with Crippen molar-refractivity contribution in [1.29, 1.82) is 0 Å². The SMILES string of the molecule is NCc1cc(-c2nc(-c3cc(Cl)cc(Cl)c3)no2)ccn1. The van der Waals surface area contributed by atoms with E-state index in [0.717, 1.165) is 11.3 Å². The molecule has 0 fully saturated rings. The first-order chi connectivity index (χ1) is 10.2. The van der Waals surface area contributed by atoms with Crippen LogP contribution >= 0.6 is 23.2 Å². The third-order valence-corrected chi connectivity index (χ3v) is 3.26. The van der Waals surface area contributed by atoms with Crippen molar-refractivity contribution >= 4 is 23.2 Å². The molecule has 0 aliphatic carbocycles. The second-order valence-electron chi connectivity index (χ2n) is 4.32. The molecular formula is C14H10Cl2N4O. The number of rotatable bonds is 3. The zero-order valence-electron chi connectivity index (χ0n) is 10.8. The summed E-state index contributed by atoms with van der Waals surface area (Å²) in [4.78, 5) is 8.47. The van der Waals surface area contributed by atoms with Gasteiger partial charge >= 0.3 is 0 Å². The summed E-state index contributed by atoms with van der Waals surface area (Å²) in [6.45, 7) is 0.346. The lowest BCUT2D eigenvalue weighted by molar-refractivity contribution is 0.432. The van der Waals surface area contributed by atoms with E-state index >= 15 is 0 Å². The van der Waals surface area contributed by atoms with Crippen molar-refractivity contribution in [2.45, 2.75) is 6.54 Å². The number of hydrogen-bond donors (Lipinski definition) is 1. The van der Waals surface area contributed by atoms with Gasteiger partial charge in [-0.15, -0.1) is 0 Å². The van der Waals surface area contributed by atoms with Gasteiger partial charge in [-0.05, 0) is 30.3 Å². The number of aromatic nitrogens is 3. The molecule has 3 rings (SSSR count). The third-order valence-electron chi connectivity index (χ3n) is 2.82. The lowest BCUT2D eigenvalue weighted by Crippen LogP contribution is -1.98. The Balaban J connectivity index is 1.99. The maximum atomic E-state index is 5.97. The average molecular weight is 321 g/mol. The maximum absolute atomic E-state index is 5.97. The minimum atomic E-state index is 0.346. The first-order valence-corrected chi connectivity index (χ1v) is 6.87. The van der Waals surface area contributed by atoms with Crippen LogP contribution in [0.1, 0.15) is 5.69 Å². The Morgan fingerprint density at radius 3 is 2.52 bits per heavy atom. The highest BCUT2D eigenvalue weighted by molar-refractivity contribution is 6.35. The first kappa shape index (κ1) is 14.0. The zero-order valence-corrected chi connectivity index (χ0v) is 12.3. The second-order valence-corrected chi connectivity index (χ2v) is 5.19. The van der Waals surface area contributed by atoms with E-state index in [1.165, 1.54) is 0 Å². The highest BCUT2D eigenvalue weighted by Crippen LogP contribution is 2.27. The molecule has 0 radical (unpaired) electrons. The van der Waals surface area contributed by atoms with Crippen molar-refractivity contribution in [3.63, 3.8) is 0 Å². The summed E-state index contributed by atoms with van der Waals surface area (Å²) >= 11 is 11.9. The lowest BCUT2D eigenvalue weighted by Gasteiger charge is -1.98. The fraction of sp³-hybridized carbons (Fsp3) is 0.0714. The molecular weight excluding hydrogens is 311 g/mol. The molecule has 7 heteroatoms. The molecule has 21 heavy (non-hydrogen) atoms. The summed E-state index contributed by atoms with van der Waals surface area (Å²) in [5, 5.41) is 4.97. The minimum absolute atomic E-state index is 0.346. The van der Waals surface area contributed by atoms with Crippen LogP contribution in [0, 0.1) is 0 Å². The van der Waals surface area contributed by atoms with E-state index in [1.54, 1.807) is 30.5 Å². The fourth-order valence-corrected chi connectivity index (χ4v) is 2.39. The monoisotopic (exact) mass is 320 g/mol. The molecule has 2 N–H and O–H groups in total. The quantitative estimate of drug-likeness (QED) is 0.798. The molecule has 0 saturated heterocycles. The highest BCUT2D eigenvalue weighted by Gasteiger charge is 2.12. The summed E-state index contributed by atoms with van der Waals surface area (Å²) in [5.74, 6) is 0.804. The van der Waals surface area contributed by atoms with Gasteiger partial charge in [0.05, 0.1) is 5.69 Å². The maximum Gasteiger partial charge on any atom is 0.258 e. The van der Waals surface area contributed by atoms with Gasteiger partial charge in [0.2, 0.25) is 5.82 Å². The van der Waals surface area contributed by atoms with Crippen LogP contribution in [0.15, 0.2) is 41.1 Å². The van der Waals surface area contributed by atoms with Crippen LogP contribution in [0.5, 0.6) is 0 Å². The molecule has 0 atom stereocenters. The molecule has 0 unspecified atom stereocenters. The van der Waals surface area contributed by atoms with Crippen LogP contribution in [0.4, 0.5) is 0 Å². The van der Waals surface area contributed by atoms with Gasteiger partial charge in [-0.25, -0.2) is 0 Å². The predicted octanol–water partition coefficient (Wildman–Crippen LogP) is 3.56.